The SMILES string of the molecule is O=C1CC(c2cccc(Cl)c2Cl)c2c(c3ccccc3[nH]c2=O)O1. The van der Waals surface area contributed by atoms with Gasteiger partial charge in [0.1, 0.15) is 5.75 Å². The van der Waals surface area contributed by atoms with Gasteiger partial charge < -0.3 is 9.72 Å². The van der Waals surface area contributed by atoms with Crippen molar-refractivity contribution in [3.05, 3.63) is 74.0 Å². The zero-order valence-corrected chi connectivity index (χ0v) is 13.8. The number of H-pyrrole nitrogens is 1. The Bertz CT molecular complexity index is 1040. The van der Waals surface area contributed by atoms with E-state index < -0.39 is 11.9 Å². The monoisotopic (exact) mass is 359 g/mol. The summed E-state index contributed by atoms with van der Waals surface area (Å²) in [7, 11) is 0. The molecule has 0 fully saturated rings. The van der Waals surface area contributed by atoms with Gasteiger partial charge in [0, 0.05) is 11.3 Å². The van der Waals surface area contributed by atoms with Crippen LogP contribution in [0.3, 0.4) is 0 Å². The van der Waals surface area contributed by atoms with Crippen LogP contribution in [-0.2, 0) is 4.79 Å². The van der Waals surface area contributed by atoms with Gasteiger partial charge in [-0.05, 0) is 23.8 Å². The lowest BCUT2D eigenvalue weighted by molar-refractivity contribution is -0.135. The number of benzene rings is 2. The zero-order chi connectivity index (χ0) is 16.8. The highest BCUT2D eigenvalue weighted by Gasteiger charge is 2.34. The van der Waals surface area contributed by atoms with Gasteiger partial charge >= 0.3 is 5.97 Å². The summed E-state index contributed by atoms with van der Waals surface area (Å²) in [5.74, 6) is -0.605. The van der Waals surface area contributed by atoms with Crippen LogP contribution < -0.4 is 10.3 Å². The zero-order valence-electron chi connectivity index (χ0n) is 12.3. The molecule has 120 valence electrons. The summed E-state index contributed by atoms with van der Waals surface area (Å²) < 4.78 is 5.41. The van der Waals surface area contributed by atoms with Crippen LogP contribution in [0.5, 0.6) is 5.75 Å². The summed E-state index contributed by atoms with van der Waals surface area (Å²) in [5, 5.41) is 1.41. The van der Waals surface area contributed by atoms with Crippen molar-refractivity contribution < 1.29 is 9.53 Å². The van der Waals surface area contributed by atoms with E-state index in [4.69, 9.17) is 27.9 Å². The molecular weight excluding hydrogens is 349 g/mol. The van der Waals surface area contributed by atoms with Crippen LogP contribution in [0.15, 0.2) is 47.3 Å². The average molecular weight is 360 g/mol. The van der Waals surface area contributed by atoms with Crippen molar-refractivity contribution in [2.45, 2.75) is 12.3 Å². The van der Waals surface area contributed by atoms with Gasteiger partial charge in [0.05, 0.1) is 27.5 Å². The Morgan fingerprint density at radius 3 is 2.67 bits per heavy atom. The van der Waals surface area contributed by atoms with Crippen molar-refractivity contribution in [3.8, 4) is 5.75 Å². The van der Waals surface area contributed by atoms with E-state index in [0.29, 0.717) is 37.8 Å². The van der Waals surface area contributed by atoms with Gasteiger partial charge in [-0.25, -0.2) is 0 Å². The Labute approximate surface area is 147 Å². The van der Waals surface area contributed by atoms with Gasteiger partial charge in [-0.15, -0.1) is 0 Å². The van der Waals surface area contributed by atoms with E-state index in [9.17, 15) is 9.59 Å². The maximum Gasteiger partial charge on any atom is 0.312 e. The minimum absolute atomic E-state index is 0.0362. The van der Waals surface area contributed by atoms with Gasteiger partial charge in [0.25, 0.3) is 5.56 Å². The summed E-state index contributed by atoms with van der Waals surface area (Å²) in [6.45, 7) is 0. The van der Waals surface area contributed by atoms with Crippen molar-refractivity contribution in [1.82, 2.24) is 4.98 Å². The number of hydrogen-bond donors (Lipinski definition) is 1. The number of carbonyl (C=O) groups is 1. The Balaban J connectivity index is 2.04. The van der Waals surface area contributed by atoms with Gasteiger partial charge in [0.2, 0.25) is 0 Å². The number of hydrogen-bond acceptors (Lipinski definition) is 3. The highest BCUT2D eigenvalue weighted by Crippen LogP contribution is 2.43. The summed E-state index contributed by atoms with van der Waals surface area (Å²) >= 11 is 12.4. The lowest BCUT2D eigenvalue weighted by Gasteiger charge is -2.25. The number of fused-ring (bicyclic) bond motifs is 3. The number of aromatic amines is 1. The summed E-state index contributed by atoms with van der Waals surface area (Å²) in [4.78, 5) is 27.6. The first-order valence-corrected chi connectivity index (χ1v) is 8.11. The normalized spacial score (nSPS) is 16.8. The van der Waals surface area contributed by atoms with Crippen LogP contribution in [0, 0.1) is 0 Å². The second kappa shape index (κ2) is 5.65. The molecule has 0 spiro atoms. The molecule has 2 heterocycles. The molecule has 0 amide bonds. The number of ether oxygens (including phenoxy) is 1. The van der Waals surface area contributed by atoms with Crippen LogP contribution in [0.25, 0.3) is 10.9 Å². The highest BCUT2D eigenvalue weighted by atomic mass is 35.5. The molecule has 3 aromatic rings. The van der Waals surface area contributed by atoms with Crippen molar-refractivity contribution >= 4 is 40.1 Å². The number of para-hydroxylation sites is 1. The third-order valence-electron chi connectivity index (χ3n) is 4.20. The van der Waals surface area contributed by atoms with Crippen molar-refractivity contribution in [2.24, 2.45) is 0 Å². The predicted molar refractivity (Wildman–Crippen MR) is 93.1 cm³/mol. The van der Waals surface area contributed by atoms with E-state index in [1.54, 1.807) is 36.4 Å². The van der Waals surface area contributed by atoms with Crippen LogP contribution in [-0.4, -0.2) is 11.0 Å². The number of halogens is 2. The molecule has 6 heteroatoms. The van der Waals surface area contributed by atoms with Gasteiger partial charge in [-0.3, -0.25) is 9.59 Å². The fraction of sp³-hybridized carbons (Fsp3) is 0.111. The van der Waals surface area contributed by atoms with E-state index >= 15 is 0 Å². The molecule has 1 unspecified atom stereocenters. The third-order valence-corrected chi connectivity index (χ3v) is 5.03. The fourth-order valence-electron chi connectivity index (χ4n) is 3.13. The third kappa shape index (κ3) is 2.30. The first-order valence-electron chi connectivity index (χ1n) is 7.35. The maximum atomic E-state index is 12.6. The molecule has 0 aliphatic carbocycles. The Morgan fingerprint density at radius 1 is 1.04 bits per heavy atom. The molecule has 1 aromatic heterocycles. The molecular formula is C18H11Cl2NO3. The molecule has 1 atom stereocenters. The van der Waals surface area contributed by atoms with E-state index in [2.05, 4.69) is 4.98 Å². The Hall–Kier alpha value is -2.30. The van der Waals surface area contributed by atoms with Crippen molar-refractivity contribution in [1.29, 1.82) is 0 Å². The maximum absolute atomic E-state index is 12.6. The summed E-state index contributed by atoms with van der Waals surface area (Å²) in [6, 6.07) is 12.4. The molecule has 0 radical (unpaired) electrons. The summed E-state index contributed by atoms with van der Waals surface area (Å²) in [6.07, 6.45) is 0.0362. The largest absolute Gasteiger partial charge is 0.425 e. The minimum Gasteiger partial charge on any atom is -0.425 e. The quantitative estimate of drug-likeness (QED) is 0.659. The van der Waals surface area contributed by atoms with Crippen LogP contribution in [0.2, 0.25) is 10.0 Å². The molecule has 2 aromatic carbocycles. The number of aromatic nitrogens is 1. The Kier molecular flexibility index (Phi) is 3.59. The van der Waals surface area contributed by atoms with Crippen molar-refractivity contribution in [3.63, 3.8) is 0 Å². The molecule has 0 saturated carbocycles. The average Bonchev–Trinajstić information content (AvgIpc) is 2.56. The van der Waals surface area contributed by atoms with Crippen LogP contribution in [0.1, 0.15) is 23.5 Å². The second-order valence-electron chi connectivity index (χ2n) is 5.62. The van der Waals surface area contributed by atoms with Crippen LogP contribution >= 0.6 is 23.2 Å². The topological polar surface area (TPSA) is 59.2 Å². The lowest BCUT2D eigenvalue weighted by Crippen LogP contribution is -2.28. The molecule has 4 nitrogen and oxygen atoms in total. The number of pyridine rings is 1. The number of rotatable bonds is 1. The number of esters is 1. The Morgan fingerprint density at radius 2 is 1.83 bits per heavy atom. The smallest absolute Gasteiger partial charge is 0.312 e. The molecule has 24 heavy (non-hydrogen) atoms. The van der Waals surface area contributed by atoms with Crippen molar-refractivity contribution in [2.75, 3.05) is 0 Å². The van der Waals surface area contributed by atoms with E-state index in [1.165, 1.54) is 0 Å². The first kappa shape index (κ1) is 15.2. The van der Waals surface area contributed by atoms with Gasteiger partial charge in [0.15, 0.2) is 0 Å². The van der Waals surface area contributed by atoms with E-state index in [1.807, 2.05) is 6.07 Å². The first-order chi connectivity index (χ1) is 11.6. The van der Waals surface area contributed by atoms with Gasteiger partial charge in [-0.2, -0.15) is 0 Å². The predicted octanol–water partition coefficient (Wildman–Crippen LogP) is 4.28. The molecule has 1 aliphatic rings. The van der Waals surface area contributed by atoms with Crippen LogP contribution in [0.4, 0.5) is 0 Å². The van der Waals surface area contributed by atoms with Gasteiger partial charge in [-0.1, -0.05) is 47.5 Å². The molecule has 0 saturated heterocycles. The molecule has 4 rings (SSSR count). The number of carbonyl (C=O) groups excluding carboxylic acids is 1. The minimum atomic E-state index is -0.499. The molecule has 0 bridgehead atoms. The molecule has 1 aliphatic heterocycles. The fourth-order valence-corrected chi connectivity index (χ4v) is 3.57. The van der Waals surface area contributed by atoms with E-state index in [0.717, 1.165) is 0 Å². The highest BCUT2D eigenvalue weighted by molar-refractivity contribution is 6.42. The molecule has 1 N–H and O–H groups in total. The summed E-state index contributed by atoms with van der Waals surface area (Å²) in [5.41, 5.74) is 1.37. The van der Waals surface area contributed by atoms with E-state index in [-0.39, 0.29) is 12.0 Å². The standard InChI is InChI=1S/C18H11Cl2NO3/c19-12-6-3-5-9(16(12)20)11-8-14(22)24-17-10-4-1-2-7-13(10)21-18(23)15(11)17/h1-7,11H,8H2,(H,21,23). The lowest BCUT2D eigenvalue weighted by atomic mass is 9.86. The number of nitrogens with one attached hydrogen (secondary N) is 1. The second-order valence-corrected chi connectivity index (χ2v) is 6.40.